The number of carbonyl (C=O) groups is 2. The third-order valence-electron chi connectivity index (χ3n) is 5.86. The Hall–Kier alpha value is -3.45. The van der Waals surface area contributed by atoms with Crippen LogP contribution in [0.15, 0.2) is 60.8 Å². The van der Waals surface area contributed by atoms with Gasteiger partial charge in [-0.25, -0.2) is 0 Å². The molecule has 2 aromatic carbocycles. The Morgan fingerprint density at radius 3 is 2.59 bits per heavy atom. The highest BCUT2D eigenvalue weighted by Gasteiger charge is 2.29. The van der Waals surface area contributed by atoms with Crippen LogP contribution in [0.1, 0.15) is 46.1 Å². The van der Waals surface area contributed by atoms with Crippen LogP contribution >= 0.6 is 0 Å². The Labute approximate surface area is 186 Å². The van der Waals surface area contributed by atoms with Gasteiger partial charge in [0, 0.05) is 29.9 Å². The summed E-state index contributed by atoms with van der Waals surface area (Å²) in [7, 11) is 0. The molecule has 0 radical (unpaired) electrons. The van der Waals surface area contributed by atoms with E-state index in [1.54, 1.807) is 24.3 Å². The van der Waals surface area contributed by atoms with Crippen molar-refractivity contribution in [2.24, 2.45) is 5.92 Å². The van der Waals surface area contributed by atoms with Crippen LogP contribution in [0.3, 0.4) is 0 Å². The van der Waals surface area contributed by atoms with Crippen molar-refractivity contribution in [1.82, 2.24) is 15.1 Å². The van der Waals surface area contributed by atoms with Gasteiger partial charge in [0.05, 0.1) is 18.8 Å². The third-order valence-corrected chi connectivity index (χ3v) is 5.86. The van der Waals surface area contributed by atoms with Crippen LogP contribution in [-0.2, 0) is 22.5 Å². The van der Waals surface area contributed by atoms with Crippen LogP contribution in [0.5, 0.6) is 0 Å². The number of amides is 2. The van der Waals surface area contributed by atoms with Gasteiger partial charge in [-0.05, 0) is 54.7 Å². The molecule has 1 aliphatic carbocycles. The van der Waals surface area contributed by atoms with Gasteiger partial charge in [-0.1, -0.05) is 30.3 Å². The highest BCUT2D eigenvalue weighted by molar-refractivity contribution is 5.96. The molecule has 0 unspecified atom stereocenters. The van der Waals surface area contributed by atoms with Crippen molar-refractivity contribution in [3.8, 4) is 0 Å². The standard InChI is InChI=1S/C25H26N4O3/c30-24(18-8-10-21(11-9-18)27-25(31)19-6-7-19)26-14-22-23-20(12-13-32-22)16-29(28-23)15-17-4-2-1-3-5-17/h1-5,8-11,16,19,22H,6-7,12-15H2,(H,26,30)(H,27,31)/t22-/m0/s1. The molecule has 1 atom stereocenters. The Bertz CT molecular complexity index is 1100. The van der Waals surface area contributed by atoms with Gasteiger partial charge >= 0.3 is 0 Å². The first-order valence-electron chi connectivity index (χ1n) is 11.1. The van der Waals surface area contributed by atoms with Gasteiger partial charge in [0.25, 0.3) is 5.91 Å². The van der Waals surface area contributed by atoms with E-state index < -0.39 is 0 Å². The number of hydrogen-bond acceptors (Lipinski definition) is 4. The molecule has 5 rings (SSSR count). The van der Waals surface area contributed by atoms with E-state index in [9.17, 15) is 9.59 Å². The van der Waals surface area contributed by atoms with Crippen molar-refractivity contribution in [1.29, 1.82) is 0 Å². The summed E-state index contributed by atoms with van der Waals surface area (Å²) in [4.78, 5) is 24.5. The van der Waals surface area contributed by atoms with Gasteiger partial charge in [0.15, 0.2) is 0 Å². The first kappa shape index (κ1) is 20.5. The molecular weight excluding hydrogens is 404 g/mol. The number of fused-ring (bicyclic) bond motifs is 1. The molecular formula is C25H26N4O3. The summed E-state index contributed by atoms with van der Waals surface area (Å²) < 4.78 is 7.85. The molecule has 0 saturated heterocycles. The van der Waals surface area contributed by atoms with Crippen LogP contribution in [0.2, 0.25) is 0 Å². The van der Waals surface area contributed by atoms with E-state index >= 15 is 0 Å². The van der Waals surface area contributed by atoms with Crippen molar-refractivity contribution in [2.45, 2.75) is 31.9 Å². The molecule has 1 aromatic heterocycles. The molecule has 0 spiro atoms. The average Bonchev–Trinajstić information content (AvgIpc) is 3.59. The molecule has 7 heteroatoms. The maximum atomic E-state index is 12.6. The fourth-order valence-corrected chi connectivity index (χ4v) is 3.92. The number of nitrogens with one attached hydrogen (secondary N) is 2. The van der Waals surface area contributed by atoms with E-state index in [2.05, 4.69) is 29.0 Å². The first-order chi connectivity index (χ1) is 15.7. The van der Waals surface area contributed by atoms with Crippen molar-refractivity contribution in [2.75, 3.05) is 18.5 Å². The number of rotatable bonds is 7. The smallest absolute Gasteiger partial charge is 0.251 e. The number of ether oxygens (including phenoxy) is 1. The van der Waals surface area contributed by atoms with Gasteiger partial charge < -0.3 is 15.4 Å². The first-order valence-corrected chi connectivity index (χ1v) is 11.1. The predicted octanol–water partition coefficient (Wildman–Crippen LogP) is 3.32. The zero-order chi connectivity index (χ0) is 21.9. The number of benzene rings is 2. The predicted molar refractivity (Wildman–Crippen MR) is 120 cm³/mol. The zero-order valence-electron chi connectivity index (χ0n) is 17.8. The molecule has 1 saturated carbocycles. The van der Waals surface area contributed by atoms with Gasteiger partial charge in [0.1, 0.15) is 6.10 Å². The second-order valence-corrected chi connectivity index (χ2v) is 8.38. The fourth-order valence-electron chi connectivity index (χ4n) is 3.92. The molecule has 32 heavy (non-hydrogen) atoms. The van der Waals surface area contributed by atoms with E-state index in [1.165, 1.54) is 11.1 Å². The maximum Gasteiger partial charge on any atom is 0.251 e. The van der Waals surface area contributed by atoms with Crippen LogP contribution < -0.4 is 10.6 Å². The normalized spacial score (nSPS) is 17.4. The van der Waals surface area contributed by atoms with Crippen molar-refractivity contribution in [3.63, 3.8) is 0 Å². The van der Waals surface area contributed by atoms with Gasteiger partial charge in [-0.2, -0.15) is 5.10 Å². The number of aromatic nitrogens is 2. The SMILES string of the molecule is O=C(NC[C@@H]1OCCc2cn(Cc3ccccc3)nc21)c1ccc(NC(=O)C2CC2)cc1. The van der Waals surface area contributed by atoms with E-state index in [0.29, 0.717) is 30.9 Å². The molecule has 1 fully saturated rings. The van der Waals surface area contributed by atoms with E-state index in [0.717, 1.165) is 25.0 Å². The monoisotopic (exact) mass is 430 g/mol. The van der Waals surface area contributed by atoms with E-state index in [4.69, 9.17) is 9.84 Å². The minimum Gasteiger partial charge on any atom is -0.370 e. The molecule has 2 amide bonds. The Morgan fingerprint density at radius 1 is 1.06 bits per heavy atom. The number of anilines is 1. The molecule has 2 heterocycles. The topological polar surface area (TPSA) is 85.2 Å². The minimum atomic E-state index is -0.267. The third kappa shape index (κ3) is 4.73. The Balaban J connectivity index is 1.19. The molecule has 7 nitrogen and oxygen atoms in total. The number of hydrogen-bond donors (Lipinski definition) is 2. The lowest BCUT2D eigenvalue weighted by atomic mass is 10.1. The molecule has 2 N–H and O–H groups in total. The second kappa shape index (κ2) is 8.96. The summed E-state index contributed by atoms with van der Waals surface area (Å²) in [5, 5.41) is 10.6. The fraction of sp³-hybridized carbons (Fsp3) is 0.320. The van der Waals surface area contributed by atoms with Crippen LogP contribution in [0.4, 0.5) is 5.69 Å². The zero-order valence-corrected chi connectivity index (χ0v) is 17.8. The average molecular weight is 431 g/mol. The summed E-state index contributed by atoms with van der Waals surface area (Å²) in [6, 6.07) is 17.2. The highest BCUT2D eigenvalue weighted by atomic mass is 16.5. The molecule has 1 aliphatic heterocycles. The van der Waals surface area contributed by atoms with Gasteiger partial charge in [0.2, 0.25) is 5.91 Å². The van der Waals surface area contributed by atoms with Crippen molar-refractivity contribution in [3.05, 3.63) is 83.2 Å². The summed E-state index contributed by atoms with van der Waals surface area (Å²) in [5.41, 5.74) is 4.51. The molecule has 2 aliphatic rings. The van der Waals surface area contributed by atoms with Crippen LogP contribution in [0.25, 0.3) is 0 Å². The number of carbonyl (C=O) groups excluding carboxylic acids is 2. The quantitative estimate of drug-likeness (QED) is 0.602. The van der Waals surface area contributed by atoms with Crippen molar-refractivity contribution >= 4 is 17.5 Å². The van der Waals surface area contributed by atoms with Crippen molar-refractivity contribution < 1.29 is 14.3 Å². The molecule has 0 bridgehead atoms. The lowest BCUT2D eigenvalue weighted by Crippen LogP contribution is -2.32. The maximum absolute atomic E-state index is 12.6. The van der Waals surface area contributed by atoms with Crippen LogP contribution in [0, 0.1) is 5.92 Å². The van der Waals surface area contributed by atoms with Crippen LogP contribution in [-0.4, -0.2) is 34.7 Å². The summed E-state index contributed by atoms with van der Waals surface area (Å²) in [6.45, 7) is 1.67. The van der Waals surface area contributed by atoms with Gasteiger partial charge in [-0.3, -0.25) is 14.3 Å². The summed E-state index contributed by atoms with van der Waals surface area (Å²) in [5.74, 6) is 0.0261. The summed E-state index contributed by atoms with van der Waals surface area (Å²) in [6.07, 6.45) is 4.55. The highest BCUT2D eigenvalue weighted by Crippen LogP contribution is 2.30. The van der Waals surface area contributed by atoms with E-state index in [-0.39, 0.29) is 23.8 Å². The van der Waals surface area contributed by atoms with E-state index in [1.807, 2.05) is 22.9 Å². The Kier molecular flexibility index (Phi) is 5.73. The summed E-state index contributed by atoms with van der Waals surface area (Å²) >= 11 is 0. The van der Waals surface area contributed by atoms with Gasteiger partial charge in [-0.15, -0.1) is 0 Å². The largest absolute Gasteiger partial charge is 0.370 e. The molecule has 164 valence electrons. The minimum absolute atomic E-state index is 0.0548. The lowest BCUT2D eigenvalue weighted by Gasteiger charge is -2.22. The lowest BCUT2D eigenvalue weighted by molar-refractivity contribution is -0.117. The molecule has 3 aromatic rings. The number of nitrogens with zero attached hydrogens (tertiary/aromatic N) is 2. The second-order valence-electron chi connectivity index (χ2n) is 8.38. The Morgan fingerprint density at radius 2 is 1.84 bits per heavy atom.